The number of ketones is 1. The second-order valence-corrected chi connectivity index (χ2v) is 5.54. The number of hydrogen-bond acceptors (Lipinski definition) is 2. The summed E-state index contributed by atoms with van der Waals surface area (Å²) in [5.41, 5.74) is 1.40. The molecule has 0 saturated carbocycles. The number of unbranched alkanes of at least 4 members (excludes halogenated alkanes) is 1. The summed E-state index contributed by atoms with van der Waals surface area (Å²) in [5.74, 6) is 0.866. The van der Waals surface area contributed by atoms with Crippen LogP contribution in [0.1, 0.15) is 28.8 Å². The van der Waals surface area contributed by atoms with Crippen molar-refractivity contribution in [1.82, 2.24) is 0 Å². The van der Waals surface area contributed by atoms with Gasteiger partial charge >= 0.3 is 0 Å². The highest BCUT2D eigenvalue weighted by atomic mass is 127. The van der Waals surface area contributed by atoms with Gasteiger partial charge < -0.3 is 4.74 Å². The molecular formula is C17H17IO2. The molecule has 0 unspecified atom stereocenters. The van der Waals surface area contributed by atoms with Crippen molar-refractivity contribution < 1.29 is 9.53 Å². The summed E-state index contributed by atoms with van der Waals surface area (Å²) >= 11 is 2.37. The lowest BCUT2D eigenvalue weighted by Crippen LogP contribution is -2.01. The number of carbonyl (C=O) groups is 1. The standard InChI is InChI=1S/C17H17IO2/c18-12-4-5-13-20-16-10-8-15(9-11-16)17(19)14-6-2-1-3-7-14/h1-3,6-11H,4-5,12-13H2. The van der Waals surface area contributed by atoms with Crippen molar-refractivity contribution in [2.24, 2.45) is 0 Å². The van der Waals surface area contributed by atoms with Gasteiger partial charge in [-0.15, -0.1) is 0 Å². The van der Waals surface area contributed by atoms with Crippen LogP contribution in [0.2, 0.25) is 0 Å². The first-order chi connectivity index (χ1) is 9.81. The third kappa shape index (κ3) is 4.34. The monoisotopic (exact) mass is 380 g/mol. The summed E-state index contributed by atoms with van der Waals surface area (Å²) < 4.78 is 6.79. The maximum atomic E-state index is 12.2. The van der Waals surface area contributed by atoms with Gasteiger partial charge in [0, 0.05) is 11.1 Å². The van der Waals surface area contributed by atoms with Crippen LogP contribution in [0.4, 0.5) is 0 Å². The minimum Gasteiger partial charge on any atom is -0.494 e. The van der Waals surface area contributed by atoms with Gasteiger partial charge in [-0.3, -0.25) is 4.79 Å². The molecule has 0 saturated heterocycles. The van der Waals surface area contributed by atoms with E-state index in [0.29, 0.717) is 11.1 Å². The topological polar surface area (TPSA) is 26.3 Å². The van der Waals surface area contributed by atoms with E-state index in [4.69, 9.17) is 4.74 Å². The third-order valence-electron chi connectivity index (χ3n) is 2.95. The number of rotatable bonds is 7. The second-order valence-electron chi connectivity index (χ2n) is 4.46. The molecule has 0 aliphatic carbocycles. The van der Waals surface area contributed by atoms with Crippen molar-refractivity contribution in [2.75, 3.05) is 11.0 Å². The van der Waals surface area contributed by atoms with Gasteiger partial charge in [0.25, 0.3) is 0 Å². The molecule has 0 fully saturated rings. The number of benzene rings is 2. The Morgan fingerprint density at radius 1 is 0.900 bits per heavy atom. The Morgan fingerprint density at radius 2 is 1.55 bits per heavy atom. The van der Waals surface area contributed by atoms with Gasteiger partial charge in [0.1, 0.15) is 5.75 Å². The van der Waals surface area contributed by atoms with E-state index >= 15 is 0 Å². The van der Waals surface area contributed by atoms with E-state index in [1.807, 2.05) is 54.6 Å². The Hall–Kier alpha value is -1.36. The van der Waals surface area contributed by atoms with E-state index in [0.717, 1.165) is 23.2 Å². The highest BCUT2D eigenvalue weighted by Crippen LogP contribution is 2.15. The molecule has 104 valence electrons. The van der Waals surface area contributed by atoms with Crippen LogP contribution < -0.4 is 4.74 Å². The highest BCUT2D eigenvalue weighted by molar-refractivity contribution is 14.1. The third-order valence-corrected chi connectivity index (χ3v) is 3.71. The molecule has 3 heteroatoms. The first-order valence-corrected chi connectivity index (χ1v) is 8.22. The minimum atomic E-state index is 0.0436. The average molecular weight is 380 g/mol. The summed E-state index contributed by atoms with van der Waals surface area (Å²) in [6.07, 6.45) is 2.23. The molecular weight excluding hydrogens is 363 g/mol. The fourth-order valence-electron chi connectivity index (χ4n) is 1.85. The Balaban J connectivity index is 1.96. The van der Waals surface area contributed by atoms with Crippen LogP contribution >= 0.6 is 22.6 Å². The van der Waals surface area contributed by atoms with E-state index in [1.165, 1.54) is 6.42 Å². The summed E-state index contributed by atoms with van der Waals surface area (Å²) in [7, 11) is 0. The molecule has 0 aliphatic rings. The molecule has 2 nitrogen and oxygen atoms in total. The average Bonchev–Trinajstić information content (AvgIpc) is 2.52. The van der Waals surface area contributed by atoms with Crippen molar-refractivity contribution in [2.45, 2.75) is 12.8 Å². The Morgan fingerprint density at radius 3 is 2.20 bits per heavy atom. The van der Waals surface area contributed by atoms with Crippen molar-refractivity contribution in [3.8, 4) is 5.75 Å². The maximum Gasteiger partial charge on any atom is 0.193 e. The second kappa shape index (κ2) is 8.04. The van der Waals surface area contributed by atoms with Crippen LogP contribution in [-0.2, 0) is 0 Å². The minimum absolute atomic E-state index is 0.0436. The maximum absolute atomic E-state index is 12.2. The molecule has 0 radical (unpaired) electrons. The van der Waals surface area contributed by atoms with Crippen molar-refractivity contribution in [1.29, 1.82) is 0 Å². The Bertz CT molecular complexity index is 535. The largest absolute Gasteiger partial charge is 0.494 e. The molecule has 0 bridgehead atoms. The van der Waals surface area contributed by atoms with Crippen LogP contribution in [0.5, 0.6) is 5.75 Å². The molecule has 2 aromatic carbocycles. The molecule has 0 spiro atoms. The molecule has 2 rings (SSSR count). The Kier molecular flexibility index (Phi) is 6.05. The lowest BCUT2D eigenvalue weighted by Gasteiger charge is -2.06. The van der Waals surface area contributed by atoms with Crippen LogP contribution in [0.3, 0.4) is 0 Å². The quantitative estimate of drug-likeness (QED) is 0.306. The molecule has 0 heterocycles. The number of carbonyl (C=O) groups excluding carboxylic acids is 1. The van der Waals surface area contributed by atoms with Gasteiger partial charge in [-0.05, 0) is 41.5 Å². The highest BCUT2D eigenvalue weighted by Gasteiger charge is 2.08. The number of halogens is 1. The Labute approximate surface area is 133 Å². The lowest BCUT2D eigenvalue weighted by atomic mass is 10.0. The number of alkyl halides is 1. The van der Waals surface area contributed by atoms with Crippen LogP contribution in [0.25, 0.3) is 0 Å². The van der Waals surface area contributed by atoms with E-state index in [9.17, 15) is 4.79 Å². The van der Waals surface area contributed by atoms with Crippen molar-refractivity contribution in [3.05, 3.63) is 65.7 Å². The lowest BCUT2D eigenvalue weighted by molar-refractivity contribution is 0.103. The summed E-state index contributed by atoms with van der Waals surface area (Å²) in [6.45, 7) is 0.731. The van der Waals surface area contributed by atoms with Crippen LogP contribution in [0, 0.1) is 0 Å². The van der Waals surface area contributed by atoms with Gasteiger partial charge in [0.15, 0.2) is 5.78 Å². The normalized spacial score (nSPS) is 10.2. The van der Waals surface area contributed by atoms with E-state index in [2.05, 4.69) is 22.6 Å². The zero-order valence-electron chi connectivity index (χ0n) is 11.2. The van der Waals surface area contributed by atoms with E-state index in [1.54, 1.807) is 0 Å². The van der Waals surface area contributed by atoms with Crippen LogP contribution in [-0.4, -0.2) is 16.8 Å². The van der Waals surface area contributed by atoms with Crippen LogP contribution in [0.15, 0.2) is 54.6 Å². The molecule has 0 N–H and O–H groups in total. The zero-order valence-corrected chi connectivity index (χ0v) is 13.4. The molecule has 20 heavy (non-hydrogen) atoms. The fourth-order valence-corrected chi connectivity index (χ4v) is 2.38. The summed E-state index contributed by atoms with van der Waals surface area (Å²) in [5, 5.41) is 0. The van der Waals surface area contributed by atoms with Gasteiger partial charge in [-0.25, -0.2) is 0 Å². The van der Waals surface area contributed by atoms with Gasteiger partial charge in [0.05, 0.1) is 6.61 Å². The number of hydrogen-bond donors (Lipinski definition) is 0. The van der Waals surface area contributed by atoms with E-state index < -0.39 is 0 Å². The molecule has 0 amide bonds. The molecule has 2 aromatic rings. The fraction of sp³-hybridized carbons (Fsp3) is 0.235. The first kappa shape index (κ1) is 15.0. The summed E-state index contributed by atoms with van der Waals surface area (Å²) in [6, 6.07) is 16.7. The predicted octanol–water partition coefficient (Wildman–Crippen LogP) is 4.51. The number of ether oxygens (including phenoxy) is 1. The zero-order chi connectivity index (χ0) is 14.2. The smallest absolute Gasteiger partial charge is 0.193 e. The first-order valence-electron chi connectivity index (χ1n) is 6.70. The molecule has 0 aromatic heterocycles. The van der Waals surface area contributed by atoms with Gasteiger partial charge in [0.2, 0.25) is 0 Å². The summed E-state index contributed by atoms with van der Waals surface area (Å²) in [4.78, 5) is 12.2. The van der Waals surface area contributed by atoms with Gasteiger partial charge in [-0.1, -0.05) is 52.9 Å². The van der Waals surface area contributed by atoms with Crippen molar-refractivity contribution >= 4 is 28.4 Å². The van der Waals surface area contributed by atoms with E-state index in [-0.39, 0.29) is 5.78 Å². The van der Waals surface area contributed by atoms with Gasteiger partial charge in [-0.2, -0.15) is 0 Å². The predicted molar refractivity (Wildman–Crippen MR) is 89.9 cm³/mol. The molecule has 0 atom stereocenters. The van der Waals surface area contributed by atoms with Crippen molar-refractivity contribution in [3.63, 3.8) is 0 Å². The molecule has 0 aliphatic heterocycles. The SMILES string of the molecule is O=C(c1ccccc1)c1ccc(OCCCCI)cc1.